The van der Waals surface area contributed by atoms with Gasteiger partial charge in [0.15, 0.2) is 0 Å². The van der Waals surface area contributed by atoms with Crippen LogP contribution in [-0.4, -0.2) is 48.9 Å². The molecule has 0 atom stereocenters. The van der Waals surface area contributed by atoms with E-state index < -0.39 is 0 Å². The summed E-state index contributed by atoms with van der Waals surface area (Å²) in [6.45, 7) is 4.09. The third kappa shape index (κ3) is 6.15. The van der Waals surface area contributed by atoms with Crippen LogP contribution in [0.3, 0.4) is 0 Å². The number of nitrogens with zero attached hydrogens (tertiary/aromatic N) is 1. The van der Waals surface area contributed by atoms with Gasteiger partial charge in [-0.3, -0.25) is 14.5 Å². The topological polar surface area (TPSA) is 102 Å². The van der Waals surface area contributed by atoms with Gasteiger partial charge in [0, 0.05) is 11.6 Å². The quantitative estimate of drug-likeness (QED) is 0.543. The summed E-state index contributed by atoms with van der Waals surface area (Å²) < 4.78 is 5.15. The second-order valence-electron chi connectivity index (χ2n) is 6.57. The Hall–Kier alpha value is -2.41. The summed E-state index contributed by atoms with van der Waals surface area (Å²) >= 11 is 0. The maximum Gasteiger partial charge on any atom is 0.338 e. The van der Waals surface area contributed by atoms with Crippen molar-refractivity contribution >= 4 is 23.5 Å². The maximum atomic E-state index is 12.2. The molecule has 1 aromatic carbocycles. The lowest BCUT2D eigenvalue weighted by atomic mass is 9.96. The number of carbonyl (C=O) groups excluding carboxylic acids is 3. The SMILES string of the molecule is CCCCOC(=O)c1ccc(NC(=O)CN2CCC(C(N)=O)CC2)cc1. The number of ether oxygens (including phenoxy) is 1. The molecule has 0 saturated carbocycles. The van der Waals surface area contributed by atoms with Crippen LogP contribution in [0.15, 0.2) is 24.3 Å². The third-order valence-electron chi connectivity index (χ3n) is 4.49. The molecule has 7 heteroatoms. The summed E-state index contributed by atoms with van der Waals surface area (Å²) in [7, 11) is 0. The number of unbranched alkanes of at least 4 members (excludes halogenated alkanes) is 1. The zero-order valence-electron chi connectivity index (χ0n) is 15.2. The van der Waals surface area contributed by atoms with Crippen molar-refractivity contribution in [2.75, 3.05) is 31.6 Å². The second-order valence-corrected chi connectivity index (χ2v) is 6.57. The van der Waals surface area contributed by atoms with Crippen LogP contribution in [0, 0.1) is 5.92 Å². The molecule has 142 valence electrons. The molecule has 3 N–H and O–H groups in total. The molecule has 1 saturated heterocycles. The monoisotopic (exact) mass is 361 g/mol. The molecule has 1 aromatic rings. The van der Waals surface area contributed by atoms with Crippen LogP contribution in [-0.2, 0) is 14.3 Å². The molecule has 0 aliphatic carbocycles. The lowest BCUT2D eigenvalue weighted by Gasteiger charge is -2.29. The number of carbonyl (C=O) groups is 3. The molecule has 2 rings (SSSR count). The summed E-state index contributed by atoms with van der Waals surface area (Å²) in [4.78, 5) is 37.2. The van der Waals surface area contributed by atoms with E-state index >= 15 is 0 Å². The van der Waals surface area contributed by atoms with Crippen molar-refractivity contribution in [3.8, 4) is 0 Å². The van der Waals surface area contributed by atoms with Crippen LogP contribution in [0.5, 0.6) is 0 Å². The highest BCUT2D eigenvalue weighted by molar-refractivity contribution is 5.94. The van der Waals surface area contributed by atoms with Gasteiger partial charge < -0.3 is 15.8 Å². The van der Waals surface area contributed by atoms with Gasteiger partial charge in [-0.05, 0) is 56.6 Å². The number of hydrogen-bond donors (Lipinski definition) is 2. The molecule has 7 nitrogen and oxygen atoms in total. The van der Waals surface area contributed by atoms with Crippen molar-refractivity contribution in [3.63, 3.8) is 0 Å². The van der Waals surface area contributed by atoms with Crippen molar-refractivity contribution in [3.05, 3.63) is 29.8 Å². The Bertz CT molecular complexity index is 622. The minimum absolute atomic E-state index is 0.0843. The number of piperidine rings is 1. The van der Waals surface area contributed by atoms with Gasteiger partial charge in [0.1, 0.15) is 0 Å². The van der Waals surface area contributed by atoms with Gasteiger partial charge in [0.05, 0.1) is 18.7 Å². The van der Waals surface area contributed by atoms with Gasteiger partial charge in [0.25, 0.3) is 0 Å². The smallest absolute Gasteiger partial charge is 0.338 e. The predicted octanol–water partition coefficient (Wildman–Crippen LogP) is 1.78. The van der Waals surface area contributed by atoms with Crippen molar-refractivity contribution in [2.45, 2.75) is 32.6 Å². The van der Waals surface area contributed by atoms with E-state index in [0.717, 1.165) is 12.8 Å². The Morgan fingerprint density at radius 3 is 2.42 bits per heavy atom. The highest BCUT2D eigenvalue weighted by Gasteiger charge is 2.24. The Morgan fingerprint density at radius 1 is 1.19 bits per heavy atom. The Balaban J connectivity index is 1.77. The van der Waals surface area contributed by atoms with Gasteiger partial charge >= 0.3 is 5.97 Å². The summed E-state index contributed by atoms with van der Waals surface area (Å²) in [6, 6.07) is 6.66. The fourth-order valence-corrected chi connectivity index (χ4v) is 2.86. The van der Waals surface area contributed by atoms with Crippen LogP contribution in [0.2, 0.25) is 0 Å². The average Bonchev–Trinajstić information content (AvgIpc) is 2.62. The summed E-state index contributed by atoms with van der Waals surface area (Å²) in [6.07, 6.45) is 3.20. The first-order valence-electron chi connectivity index (χ1n) is 9.08. The van der Waals surface area contributed by atoms with Crippen LogP contribution >= 0.6 is 0 Å². The van der Waals surface area contributed by atoms with E-state index in [-0.39, 0.29) is 30.2 Å². The molecule has 26 heavy (non-hydrogen) atoms. The molecule has 0 aromatic heterocycles. The molecule has 0 spiro atoms. The molecular weight excluding hydrogens is 334 g/mol. The number of primary amides is 1. The van der Waals surface area contributed by atoms with Gasteiger partial charge in [0.2, 0.25) is 11.8 Å². The first-order chi connectivity index (χ1) is 12.5. The molecule has 1 fully saturated rings. The Morgan fingerprint density at radius 2 is 1.85 bits per heavy atom. The largest absolute Gasteiger partial charge is 0.462 e. The molecule has 0 unspecified atom stereocenters. The number of likely N-dealkylation sites (tertiary alicyclic amines) is 1. The van der Waals surface area contributed by atoms with Gasteiger partial charge in [-0.15, -0.1) is 0 Å². The average molecular weight is 361 g/mol. The zero-order valence-corrected chi connectivity index (χ0v) is 15.2. The standard InChI is InChI=1S/C19H27N3O4/c1-2-3-12-26-19(25)15-4-6-16(7-5-15)21-17(23)13-22-10-8-14(9-11-22)18(20)24/h4-7,14H,2-3,8-13H2,1H3,(H2,20,24)(H,21,23). The first-order valence-corrected chi connectivity index (χ1v) is 9.08. The lowest BCUT2D eigenvalue weighted by Crippen LogP contribution is -2.42. The minimum Gasteiger partial charge on any atom is -0.462 e. The summed E-state index contributed by atoms with van der Waals surface area (Å²) in [5.74, 6) is -0.823. The van der Waals surface area contributed by atoms with Crippen LogP contribution in [0.4, 0.5) is 5.69 Å². The van der Waals surface area contributed by atoms with Crippen molar-refractivity contribution in [1.82, 2.24) is 4.90 Å². The molecule has 0 bridgehead atoms. The predicted molar refractivity (Wildman–Crippen MR) is 98.6 cm³/mol. The first kappa shape index (κ1) is 19.9. The summed E-state index contributed by atoms with van der Waals surface area (Å²) in [5, 5.41) is 2.82. The number of anilines is 1. The van der Waals surface area contributed by atoms with Gasteiger partial charge in [-0.2, -0.15) is 0 Å². The van der Waals surface area contributed by atoms with Crippen molar-refractivity contribution in [1.29, 1.82) is 0 Å². The van der Waals surface area contributed by atoms with Gasteiger partial charge in [-0.25, -0.2) is 4.79 Å². The van der Waals surface area contributed by atoms with E-state index in [1.165, 1.54) is 0 Å². The zero-order chi connectivity index (χ0) is 18.9. The fourth-order valence-electron chi connectivity index (χ4n) is 2.86. The second kappa shape index (κ2) is 9.91. The number of esters is 1. The summed E-state index contributed by atoms with van der Waals surface area (Å²) in [5.41, 5.74) is 6.41. The minimum atomic E-state index is -0.353. The van der Waals surface area contributed by atoms with Crippen LogP contribution in [0.1, 0.15) is 43.0 Å². The van der Waals surface area contributed by atoms with E-state index in [4.69, 9.17) is 10.5 Å². The Labute approximate surface area is 153 Å². The fraction of sp³-hybridized carbons (Fsp3) is 0.526. The van der Waals surface area contributed by atoms with Crippen molar-refractivity contribution < 1.29 is 19.1 Å². The van der Waals surface area contributed by atoms with E-state index in [9.17, 15) is 14.4 Å². The van der Waals surface area contributed by atoms with E-state index in [1.807, 2.05) is 11.8 Å². The lowest BCUT2D eigenvalue weighted by molar-refractivity contribution is -0.123. The molecule has 1 aliphatic rings. The van der Waals surface area contributed by atoms with Crippen LogP contribution < -0.4 is 11.1 Å². The number of nitrogens with one attached hydrogen (secondary N) is 1. The van der Waals surface area contributed by atoms with E-state index in [0.29, 0.717) is 43.8 Å². The van der Waals surface area contributed by atoms with Crippen molar-refractivity contribution in [2.24, 2.45) is 11.7 Å². The third-order valence-corrected chi connectivity index (χ3v) is 4.49. The molecular formula is C19H27N3O4. The van der Waals surface area contributed by atoms with Crippen LogP contribution in [0.25, 0.3) is 0 Å². The Kier molecular flexibility index (Phi) is 7.59. The highest BCUT2D eigenvalue weighted by atomic mass is 16.5. The number of hydrogen-bond acceptors (Lipinski definition) is 5. The molecule has 0 radical (unpaired) electrons. The van der Waals surface area contributed by atoms with Gasteiger partial charge in [-0.1, -0.05) is 13.3 Å². The molecule has 2 amide bonds. The number of nitrogens with two attached hydrogens (primary N) is 1. The highest BCUT2D eigenvalue weighted by Crippen LogP contribution is 2.17. The van der Waals surface area contributed by atoms with E-state index in [1.54, 1.807) is 24.3 Å². The number of amides is 2. The normalized spacial score (nSPS) is 15.4. The van der Waals surface area contributed by atoms with E-state index in [2.05, 4.69) is 5.32 Å². The number of benzene rings is 1. The molecule has 1 heterocycles. The number of rotatable bonds is 8. The molecule has 1 aliphatic heterocycles. The maximum absolute atomic E-state index is 12.2.